The lowest BCUT2D eigenvalue weighted by molar-refractivity contribution is -0.384. The van der Waals surface area contributed by atoms with Crippen LogP contribution in [0.4, 0.5) is 15.8 Å². The fourth-order valence-corrected chi connectivity index (χ4v) is 5.15. The van der Waals surface area contributed by atoms with Crippen molar-refractivity contribution in [1.29, 1.82) is 0 Å². The molecule has 0 saturated heterocycles. The van der Waals surface area contributed by atoms with E-state index in [-0.39, 0.29) is 17.4 Å². The first-order valence-corrected chi connectivity index (χ1v) is 11.9. The van der Waals surface area contributed by atoms with Crippen LogP contribution >= 0.6 is 0 Å². The molecule has 7 nitrogen and oxygen atoms in total. The second-order valence-electron chi connectivity index (χ2n) is 9.24. The number of benzene rings is 3. The van der Waals surface area contributed by atoms with Crippen LogP contribution in [0, 0.1) is 15.9 Å². The molecule has 37 heavy (non-hydrogen) atoms. The Labute approximate surface area is 212 Å². The van der Waals surface area contributed by atoms with E-state index in [0.717, 1.165) is 11.3 Å². The van der Waals surface area contributed by atoms with Gasteiger partial charge in [-0.05, 0) is 54.7 Å². The zero-order valence-corrected chi connectivity index (χ0v) is 20.0. The van der Waals surface area contributed by atoms with E-state index in [1.807, 2.05) is 30.3 Å². The fraction of sp³-hybridized carbons (Fsp3) is 0.172. The summed E-state index contributed by atoms with van der Waals surface area (Å²) in [6.45, 7) is 1.78. The van der Waals surface area contributed by atoms with Crippen LogP contribution < -0.4 is 10.6 Å². The summed E-state index contributed by atoms with van der Waals surface area (Å²) in [6, 6.07) is 21.2. The molecule has 3 aromatic rings. The Morgan fingerprint density at radius 2 is 1.65 bits per heavy atom. The van der Waals surface area contributed by atoms with Crippen LogP contribution in [0.2, 0.25) is 0 Å². The average Bonchev–Trinajstić information content (AvgIpc) is 2.89. The summed E-state index contributed by atoms with van der Waals surface area (Å²) >= 11 is 0. The number of nitro groups is 1. The molecule has 1 heterocycles. The normalized spacial score (nSPS) is 19.2. The monoisotopic (exact) mass is 497 g/mol. The molecule has 1 aliphatic heterocycles. The highest BCUT2D eigenvalue weighted by molar-refractivity contribution is 6.10. The van der Waals surface area contributed by atoms with Crippen LogP contribution in [-0.4, -0.2) is 16.6 Å². The van der Waals surface area contributed by atoms with Gasteiger partial charge in [0.05, 0.1) is 4.92 Å². The molecule has 8 heteroatoms. The largest absolute Gasteiger partial charge is 0.362 e. The number of rotatable bonds is 5. The van der Waals surface area contributed by atoms with Crippen molar-refractivity contribution in [3.05, 3.63) is 128 Å². The highest BCUT2D eigenvalue weighted by atomic mass is 19.1. The van der Waals surface area contributed by atoms with Gasteiger partial charge >= 0.3 is 0 Å². The van der Waals surface area contributed by atoms with E-state index in [1.165, 1.54) is 36.4 Å². The second kappa shape index (κ2) is 9.81. The first kappa shape index (κ1) is 24.1. The standard InChI is InChI=1S/C29H24FN3O4/c1-17-26(29(35)32-22-11-9-21(30)10-12-22)27(19-7-13-23(14-8-19)33(36)37)28-24(31-17)15-20(16-25(28)34)18-5-3-2-4-6-18/h2-14,20,27,31H,15-16H2,1H3,(H,32,35)/t20-,27-/m0/s1. The van der Waals surface area contributed by atoms with Gasteiger partial charge in [-0.15, -0.1) is 0 Å². The van der Waals surface area contributed by atoms with Gasteiger partial charge in [-0.2, -0.15) is 0 Å². The van der Waals surface area contributed by atoms with Crippen LogP contribution in [-0.2, 0) is 9.59 Å². The molecule has 2 aliphatic rings. The number of hydrogen-bond donors (Lipinski definition) is 2. The number of anilines is 1. The number of halogens is 1. The van der Waals surface area contributed by atoms with Crippen molar-refractivity contribution in [1.82, 2.24) is 5.32 Å². The Balaban J connectivity index is 1.56. The highest BCUT2D eigenvalue weighted by Gasteiger charge is 2.41. The molecule has 5 rings (SSSR count). The van der Waals surface area contributed by atoms with E-state index >= 15 is 0 Å². The molecule has 0 bridgehead atoms. The van der Waals surface area contributed by atoms with Crippen LogP contribution in [0.5, 0.6) is 0 Å². The number of carbonyl (C=O) groups is 2. The summed E-state index contributed by atoms with van der Waals surface area (Å²) in [5.41, 5.74) is 4.18. The molecule has 1 amide bonds. The quantitative estimate of drug-likeness (QED) is 0.346. The lowest BCUT2D eigenvalue weighted by Gasteiger charge is -2.37. The number of nitrogens with one attached hydrogen (secondary N) is 2. The third-order valence-electron chi connectivity index (χ3n) is 6.88. The lowest BCUT2D eigenvalue weighted by Crippen LogP contribution is -2.37. The maximum atomic E-state index is 13.6. The maximum Gasteiger partial charge on any atom is 0.269 e. The molecule has 186 valence electrons. The summed E-state index contributed by atoms with van der Waals surface area (Å²) in [5, 5.41) is 17.3. The third kappa shape index (κ3) is 4.78. The number of allylic oxidation sites excluding steroid dienone is 3. The molecule has 0 aromatic heterocycles. The van der Waals surface area contributed by atoms with E-state index in [0.29, 0.717) is 40.9 Å². The summed E-state index contributed by atoms with van der Waals surface area (Å²) in [5.74, 6) is -1.65. The summed E-state index contributed by atoms with van der Waals surface area (Å²) in [4.78, 5) is 37.9. The van der Waals surface area contributed by atoms with Crippen molar-refractivity contribution in [2.24, 2.45) is 0 Å². The molecule has 0 fully saturated rings. The topological polar surface area (TPSA) is 101 Å². The van der Waals surface area contributed by atoms with Crippen LogP contribution in [0.15, 0.2) is 101 Å². The molecule has 0 spiro atoms. The molecule has 2 atom stereocenters. The lowest BCUT2D eigenvalue weighted by atomic mass is 9.71. The van der Waals surface area contributed by atoms with Gasteiger partial charge in [0.2, 0.25) is 0 Å². The number of amides is 1. The van der Waals surface area contributed by atoms with Gasteiger partial charge in [0.15, 0.2) is 5.78 Å². The van der Waals surface area contributed by atoms with Crippen molar-refractivity contribution in [2.75, 3.05) is 5.32 Å². The first-order chi connectivity index (χ1) is 17.8. The minimum atomic E-state index is -0.707. The number of non-ortho nitro benzene ring substituents is 1. The third-order valence-corrected chi connectivity index (χ3v) is 6.88. The molecular formula is C29H24FN3O4. The molecule has 0 saturated carbocycles. The number of Topliss-reactive ketones (excluding diaryl/α,β-unsaturated/α-hetero) is 1. The number of nitrogens with zero attached hydrogens (tertiary/aromatic N) is 1. The maximum absolute atomic E-state index is 13.6. The fourth-order valence-electron chi connectivity index (χ4n) is 5.15. The molecule has 1 aliphatic carbocycles. The molecule has 0 unspecified atom stereocenters. The Morgan fingerprint density at radius 1 is 0.973 bits per heavy atom. The number of dihydropyridines is 1. The van der Waals surface area contributed by atoms with E-state index in [2.05, 4.69) is 10.6 Å². The van der Waals surface area contributed by atoms with Gasteiger partial charge in [0.25, 0.3) is 11.6 Å². The molecule has 3 aromatic carbocycles. The first-order valence-electron chi connectivity index (χ1n) is 11.9. The predicted octanol–water partition coefficient (Wildman–Crippen LogP) is 5.73. The van der Waals surface area contributed by atoms with Gasteiger partial charge in [-0.1, -0.05) is 42.5 Å². The van der Waals surface area contributed by atoms with E-state index in [9.17, 15) is 24.1 Å². The number of ketones is 1. The van der Waals surface area contributed by atoms with Gasteiger partial charge in [0.1, 0.15) is 5.82 Å². The Morgan fingerprint density at radius 3 is 2.30 bits per heavy atom. The zero-order valence-electron chi connectivity index (χ0n) is 20.0. The number of nitro benzene ring substituents is 1. The molecular weight excluding hydrogens is 473 g/mol. The van der Waals surface area contributed by atoms with Crippen molar-refractivity contribution >= 4 is 23.1 Å². The van der Waals surface area contributed by atoms with Crippen LogP contribution in [0.25, 0.3) is 0 Å². The number of carbonyl (C=O) groups excluding carboxylic acids is 2. The van der Waals surface area contributed by atoms with Gasteiger partial charge in [-0.25, -0.2) is 4.39 Å². The SMILES string of the molecule is CC1=C(C(=O)Nc2ccc(F)cc2)[C@H](c2ccc([N+](=O)[O-])cc2)C2=C(C[C@H](c3ccccc3)CC2=O)N1. The Hall–Kier alpha value is -4.59. The van der Waals surface area contributed by atoms with Crippen LogP contribution in [0.1, 0.15) is 42.7 Å². The van der Waals surface area contributed by atoms with Crippen molar-refractivity contribution in [2.45, 2.75) is 31.6 Å². The molecule has 0 radical (unpaired) electrons. The summed E-state index contributed by atoms with van der Waals surface area (Å²) in [6.07, 6.45) is 0.888. The second-order valence-corrected chi connectivity index (χ2v) is 9.24. The highest BCUT2D eigenvalue weighted by Crippen LogP contribution is 2.45. The van der Waals surface area contributed by atoms with Gasteiger partial charge in [0, 0.05) is 52.7 Å². The minimum absolute atomic E-state index is 0.000137. The Bertz CT molecular complexity index is 1440. The smallest absolute Gasteiger partial charge is 0.269 e. The number of hydrogen-bond acceptors (Lipinski definition) is 5. The van der Waals surface area contributed by atoms with E-state index < -0.39 is 22.6 Å². The van der Waals surface area contributed by atoms with Crippen molar-refractivity contribution in [3.8, 4) is 0 Å². The summed E-state index contributed by atoms with van der Waals surface area (Å²) < 4.78 is 13.4. The van der Waals surface area contributed by atoms with Gasteiger partial charge in [-0.3, -0.25) is 19.7 Å². The Kier molecular flexibility index (Phi) is 6.40. The van der Waals surface area contributed by atoms with Crippen LogP contribution in [0.3, 0.4) is 0 Å². The van der Waals surface area contributed by atoms with Crippen molar-refractivity contribution < 1.29 is 18.9 Å². The molecule has 2 N–H and O–H groups in total. The minimum Gasteiger partial charge on any atom is -0.362 e. The van der Waals surface area contributed by atoms with Gasteiger partial charge < -0.3 is 10.6 Å². The average molecular weight is 498 g/mol. The van der Waals surface area contributed by atoms with E-state index in [4.69, 9.17) is 0 Å². The van der Waals surface area contributed by atoms with E-state index in [1.54, 1.807) is 19.1 Å². The summed E-state index contributed by atoms with van der Waals surface area (Å²) in [7, 11) is 0. The van der Waals surface area contributed by atoms with Crippen molar-refractivity contribution in [3.63, 3.8) is 0 Å². The predicted molar refractivity (Wildman–Crippen MR) is 137 cm³/mol. The zero-order chi connectivity index (χ0) is 26.1.